The highest BCUT2D eigenvalue weighted by Crippen LogP contribution is 2.29. The maximum atomic E-state index is 12.8. The van der Waals surface area contributed by atoms with E-state index in [-0.39, 0.29) is 11.5 Å². The minimum Gasteiger partial charge on any atom is -0.370 e. The Bertz CT molecular complexity index is 576. The van der Waals surface area contributed by atoms with E-state index >= 15 is 0 Å². The summed E-state index contributed by atoms with van der Waals surface area (Å²) in [6, 6.07) is 1.45. The Balaban J connectivity index is 2.55. The van der Waals surface area contributed by atoms with Gasteiger partial charge in [0.15, 0.2) is 5.82 Å². The zero-order valence-corrected chi connectivity index (χ0v) is 10.4. The van der Waals surface area contributed by atoms with Crippen LogP contribution in [0.5, 0.6) is 0 Å². The third kappa shape index (κ3) is 2.83. The van der Waals surface area contributed by atoms with Gasteiger partial charge in [0.1, 0.15) is 11.5 Å². The number of hydrogen-bond donors (Lipinski definition) is 1. The molecular weight excluding hydrogens is 259 g/mol. The van der Waals surface area contributed by atoms with Crippen LogP contribution in [0, 0.1) is 0 Å². The van der Waals surface area contributed by atoms with Crippen molar-refractivity contribution < 1.29 is 13.2 Å². The van der Waals surface area contributed by atoms with Gasteiger partial charge < -0.3 is 9.88 Å². The van der Waals surface area contributed by atoms with Crippen LogP contribution in [0.3, 0.4) is 0 Å². The van der Waals surface area contributed by atoms with E-state index in [1.165, 1.54) is 12.3 Å². The number of aromatic nitrogens is 4. The van der Waals surface area contributed by atoms with Crippen LogP contribution in [0.25, 0.3) is 11.5 Å². The van der Waals surface area contributed by atoms with Crippen molar-refractivity contribution in [2.24, 2.45) is 7.05 Å². The number of nitrogens with one attached hydrogen (secondary N) is 1. The molecule has 0 saturated carbocycles. The monoisotopic (exact) mass is 271 g/mol. The largest absolute Gasteiger partial charge is 0.451 e. The molecule has 5 nitrogen and oxygen atoms in total. The Morgan fingerprint density at radius 1 is 1.32 bits per heavy atom. The van der Waals surface area contributed by atoms with Gasteiger partial charge in [-0.25, -0.2) is 15.0 Å². The molecule has 2 aromatic rings. The van der Waals surface area contributed by atoms with Crippen LogP contribution in [0.4, 0.5) is 19.0 Å². The van der Waals surface area contributed by atoms with E-state index in [4.69, 9.17) is 0 Å². The first-order chi connectivity index (χ1) is 8.91. The van der Waals surface area contributed by atoms with Gasteiger partial charge in [0, 0.05) is 32.1 Å². The Morgan fingerprint density at radius 2 is 2.05 bits per heavy atom. The Labute approximate surface area is 107 Å². The Kier molecular flexibility index (Phi) is 3.41. The van der Waals surface area contributed by atoms with Crippen LogP contribution in [-0.4, -0.2) is 26.1 Å². The highest BCUT2D eigenvalue weighted by molar-refractivity contribution is 5.55. The quantitative estimate of drug-likeness (QED) is 0.930. The van der Waals surface area contributed by atoms with Gasteiger partial charge in [0.25, 0.3) is 0 Å². The summed E-state index contributed by atoms with van der Waals surface area (Å²) in [5, 5.41) is 2.75. The van der Waals surface area contributed by atoms with Gasteiger partial charge in [-0.15, -0.1) is 0 Å². The van der Waals surface area contributed by atoms with Gasteiger partial charge in [-0.05, 0) is 6.92 Å². The number of halogens is 3. The smallest absolute Gasteiger partial charge is 0.370 e. The number of alkyl halides is 3. The van der Waals surface area contributed by atoms with E-state index < -0.39 is 12.0 Å². The summed E-state index contributed by atoms with van der Waals surface area (Å²) in [6.45, 7) is 2.24. The molecule has 0 spiro atoms. The van der Waals surface area contributed by atoms with Crippen LogP contribution < -0.4 is 5.32 Å². The van der Waals surface area contributed by atoms with Gasteiger partial charge in [-0.1, -0.05) is 0 Å². The summed E-state index contributed by atoms with van der Waals surface area (Å²) < 4.78 is 39.8. The highest BCUT2D eigenvalue weighted by atomic mass is 19.4. The molecule has 19 heavy (non-hydrogen) atoms. The molecule has 0 bridgehead atoms. The maximum absolute atomic E-state index is 12.8. The van der Waals surface area contributed by atoms with Crippen LogP contribution in [0.15, 0.2) is 18.5 Å². The lowest BCUT2D eigenvalue weighted by molar-refractivity contribution is -0.144. The predicted octanol–water partition coefficient (Wildman–Crippen LogP) is 2.33. The van der Waals surface area contributed by atoms with E-state index in [0.717, 1.165) is 0 Å². The van der Waals surface area contributed by atoms with Gasteiger partial charge in [0.05, 0.1) is 0 Å². The van der Waals surface area contributed by atoms with Crippen LogP contribution in [0.1, 0.15) is 12.7 Å². The normalized spacial score (nSPS) is 11.6. The van der Waals surface area contributed by atoms with Gasteiger partial charge >= 0.3 is 6.18 Å². The van der Waals surface area contributed by atoms with Gasteiger partial charge in [-0.2, -0.15) is 13.2 Å². The van der Waals surface area contributed by atoms with Crippen molar-refractivity contribution in [1.29, 1.82) is 0 Å². The summed E-state index contributed by atoms with van der Waals surface area (Å²) in [4.78, 5) is 11.0. The van der Waals surface area contributed by atoms with E-state index in [1.807, 2.05) is 0 Å². The summed E-state index contributed by atoms with van der Waals surface area (Å²) >= 11 is 0. The minimum absolute atomic E-state index is 0.128. The standard InChI is InChI=1S/C11H12F3N5/c1-3-15-8-6-7(9-16-4-5-19(9)2)17-10(18-8)11(12,13)14/h4-6H,3H2,1-2H3,(H,15,17,18). The molecule has 0 aliphatic heterocycles. The number of hydrogen-bond acceptors (Lipinski definition) is 4. The first-order valence-electron chi connectivity index (χ1n) is 5.59. The summed E-state index contributed by atoms with van der Waals surface area (Å²) in [7, 11) is 1.69. The molecular formula is C11H12F3N5. The topological polar surface area (TPSA) is 55.6 Å². The fourth-order valence-corrected chi connectivity index (χ4v) is 1.57. The number of aryl methyl sites for hydroxylation is 1. The zero-order valence-electron chi connectivity index (χ0n) is 10.4. The lowest BCUT2D eigenvalue weighted by Crippen LogP contribution is -2.14. The molecule has 0 atom stereocenters. The highest BCUT2D eigenvalue weighted by Gasteiger charge is 2.35. The second-order valence-electron chi connectivity index (χ2n) is 3.85. The van der Waals surface area contributed by atoms with Crippen LogP contribution in [0.2, 0.25) is 0 Å². The number of imidazole rings is 1. The van der Waals surface area contributed by atoms with Crippen LogP contribution in [-0.2, 0) is 13.2 Å². The molecule has 0 aromatic carbocycles. The lowest BCUT2D eigenvalue weighted by Gasteiger charge is -2.10. The Hall–Kier alpha value is -2.12. The van der Waals surface area contributed by atoms with Gasteiger partial charge in [0.2, 0.25) is 5.82 Å². The molecule has 2 rings (SSSR count). The van der Waals surface area contributed by atoms with Crippen molar-refractivity contribution in [3.05, 3.63) is 24.3 Å². The first kappa shape index (κ1) is 13.3. The lowest BCUT2D eigenvalue weighted by atomic mass is 10.3. The van der Waals surface area contributed by atoms with Crippen molar-refractivity contribution >= 4 is 5.82 Å². The summed E-state index contributed by atoms with van der Waals surface area (Å²) in [5.41, 5.74) is 0.130. The zero-order chi connectivity index (χ0) is 14.0. The van der Waals surface area contributed by atoms with E-state index in [9.17, 15) is 13.2 Å². The van der Waals surface area contributed by atoms with Crippen molar-refractivity contribution in [3.8, 4) is 11.5 Å². The van der Waals surface area contributed by atoms with E-state index in [1.54, 1.807) is 24.7 Å². The average Bonchev–Trinajstić information content (AvgIpc) is 2.74. The molecule has 8 heteroatoms. The third-order valence-electron chi connectivity index (χ3n) is 2.39. The van der Waals surface area contributed by atoms with Crippen molar-refractivity contribution in [2.75, 3.05) is 11.9 Å². The molecule has 2 aromatic heterocycles. The average molecular weight is 271 g/mol. The number of rotatable bonds is 3. The van der Waals surface area contributed by atoms with Gasteiger partial charge in [-0.3, -0.25) is 0 Å². The second kappa shape index (κ2) is 4.87. The fourth-order valence-electron chi connectivity index (χ4n) is 1.57. The molecule has 1 N–H and O–H groups in total. The maximum Gasteiger partial charge on any atom is 0.451 e. The third-order valence-corrected chi connectivity index (χ3v) is 2.39. The van der Waals surface area contributed by atoms with E-state index in [0.29, 0.717) is 12.4 Å². The van der Waals surface area contributed by atoms with Crippen molar-refractivity contribution in [3.63, 3.8) is 0 Å². The molecule has 0 aliphatic carbocycles. The summed E-state index contributed by atoms with van der Waals surface area (Å²) in [6.07, 6.45) is -1.46. The molecule has 0 saturated heterocycles. The molecule has 0 unspecified atom stereocenters. The molecule has 102 valence electrons. The van der Waals surface area contributed by atoms with E-state index in [2.05, 4.69) is 20.3 Å². The SMILES string of the molecule is CCNc1cc(-c2nccn2C)nc(C(F)(F)F)n1. The Morgan fingerprint density at radius 3 is 2.58 bits per heavy atom. The predicted molar refractivity (Wildman–Crippen MR) is 63.4 cm³/mol. The molecule has 0 amide bonds. The number of nitrogens with zero attached hydrogens (tertiary/aromatic N) is 4. The molecule has 0 aliphatic rings. The summed E-state index contributed by atoms with van der Waals surface area (Å²) in [5.74, 6) is -0.696. The molecule has 2 heterocycles. The molecule has 0 radical (unpaired) electrons. The second-order valence-corrected chi connectivity index (χ2v) is 3.85. The first-order valence-corrected chi connectivity index (χ1v) is 5.59. The number of anilines is 1. The fraction of sp³-hybridized carbons (Fsp3) is 0.364. The minimum atomic E-state index is -4.59. The van der Waals surface area contributed by atoms with Crippen LogP contribution >= 0.6 is 0 Å². The van der Waals surface area contributed by atoms with Crippen molar-refractivity contribution in [2.45, 2.75) is 13.1 Å². The molecule has 0 fully saturated rings. The van der Waals surface area contributed by atoms with Crippen molar-refractivity contribution in [1.82, 2.24) is 19.5 Å².